The highest BCUT2D eigenvalue weighted by Crippen LogP contribution is 2.20. The highest BCUT2D eigenvalue weighted by molar-refractivity contribution is 7.07. The lowest BCUT2D eigenvalue weighted by molar-refractivity contribution is 0.854. The van der Waals surface area contributed by atoms with E-state index in [0.29, 0.717) is 5.56 Å². The van der Waals surface area contributed by atoms with Gasteiger partial charge in [-0.3, -0.25) is 4.98 Å². The summed E-state index contributed by atoms with van der Waals surface area (Å²) >= 11 is 1.52. The first-order valence-corrected chi connectivity index (χ1v) is 9.47. The Morgan fingerprint density at radius 1 is 1.00 bits per heavy atom. The lowest BCUT2D eigenvalue weighted by Gasteiger charge is -2.03. The lowest BCUT2D eigenvalue weighted by atomic mass is 10.2. The van der Waals surface area contributed by atoms with Gasteiger partial charge in [0.15, 0.2) is 0 Å². The molecule has 0 aliphatic rings. The Bertz CT molecular complexity index is 1200. The van der Waals surface area contributed by atoms with Crippen molar-refractivity contribution in [3.8, 4) is 17.3 Å². The first kappa shape index (κ1) is 17.6. The number of hydrogen-bond acceptors (Lipinski definition) is 5. The highest BCUT2D eigenvalue weighted by atomic mass is 32.1. The van der Waals surface area contributed by atoms with Gasteiger partial charge < -0.3 is 0 Å². The maximum atomic E-state index is 8.94. The van der Waals surface area contributed by atoms with E-state index in [2.05, 4.69) is 21.1 Å². The van der Waals surface area contributed by atoms with Gasteiger partial charge >= 0.3 is 0 Å². The Balaban J connectivity index is 1.80. The second-order valence-electron chi connectivity index (χ2n) is 5.88. The van der Waals surface area contributed by atoms with E-state index in [1.807, 2.05) is 64.7 Å². The molecule has 0 radical (unpaired) electrons. The van der Waals surface area contributed by atoms with E-state index in [0.717, 1.165) is 27.3 Å². The van der Waals surface area contributed by atoms with Crippen molar-refractivity contribution in [3.63, 3.8) is 0 Å². The minimum atomic E-state index is 0.623. The fourth-order valence-electron chi connectivity index (χ4n) is 2.59. The van der Waals surface area contributed by atoms with Crippen molar-refractivity contribution in [2.24, 2.45) is 10.1 Å². The number of thiazole rings is 1. The van der Waals surface area contributed by atoms with Crippen LogP contribution in [0, 0.1) is 11.3 Å². The summed E-state index contributed by atoms with van der Waals surface area (Å²) < 4.78 is 1.82. The van der Waals surface area contributed by atoms with Crippen molar-refractivity contribution in [3.05, 3.63) is 100 Å². The smallest absolute Gasteiger partial charge is 0.211 e. The number of aromatic nitrogens is 2. The molecule has 0 spiro atoms. The summed E-state index contributed by atoms with van der Waals surface area (Å²) in [6.07, 6.45) is 5.21. The molecular weight excluding hydrogens is 366 g/mol. The van der Waals surface area contributed by atoms with Gasteiger partial charge in [-0.25, -0.2) is 9.67 Å². The van der Waals surface area contributed by atoms with Crippen LogP contribution in [0.2, 0.25) is 0 Å². The van der Waals surface area contributed by atoms with Gasteiger partial charge in [-0.1, -0.05) is 42.5 Å². The minimum Gasteiger partial charge on any atom is -0.262 e. The Morgan fingerprint density at radius 3 is 2.54 bits per heavy atom. The van der Waals surface area contributed by atoms with Gasteiger partial charge in [0.25, 0.3) is 0 Å². The van der Waals surface area contributed by atoms with Gasteiger partial charge in [0, 0.05) is 17.1 Å². The van der Waals surface area contributed by atoms with E-state index in [4.69, 9.17) is 5.26 Å². The quantitative estimate of drug-likeness (QED) is 0.485. The Kier molecular flexibility index (Phi) is 5.18. The van der Waals surface area contributed by atoms with Crippen molar-refractivity contribution in [1.29, 1.82) is 5.26 Å². The Morgan fingerprint density at radius 2 is 1.82 bits per heavy atom. The molecule has 0 amide bonds. The number of hydrogen-bond donors (Lipinski definition) is 0. The first-order chi connectivity index (χ1) is 13.8. The number of benzene rings is 2. The van der Waals surface area contributed by atoms with E-state index < -0.39 is 0 Å². The highest BCUT2D eigenvalue weighted by Gasteiger charge is 2.07. The van der Waals surface area contributed by atoms with E-state index in [-0.39, 0.29) is 0 Å². The van der Waals surface area contributed by atoms with Crippen molar-refractivity contribution < 1.29 is 0 Å². The lowest BCUT2D eigenvalue weighted by Crippen LogP contribution is -2.11. The molecule has 4 rings (SSSR count). The van der Waals surface area contributed by atoms with E-state index >= 15 is 0 Å². The van der Waals surface area contributed by atoms with E-state index in [1.54, 1.807) is 30.7 Å². The molecule has 28 heavy (non-hydrogen) atoms. The maximum Gasteiger partial charge on any atom is 0.211 e. The van der Waals surface area contributed by atoms with Crippen LogP contribution in [0.1, 0.15) is 11.1 Å². The number of nitrogens with zero attached hydrogens (tertiary/aromatic N) is 5. The van der Waals surface area contributed by atoms with Crippen LogP contribution < -0.4 is 4.80 Å². The van der Waals surface area contributed by atoms with E-state index in [1.165, 1.54) is 11.3 Å². The van der Waals surface area contributed by atoms with Crippen molar-refractivity contribution in [2.75, 3.05) is 0 Å². The zero-order valence-corrected chi connectivity index (χ0v) is 15.6. The van der Waals surface area contributed by atoms with Crippen LogP contribution in [0.3, 0.4) is 0 Å². The molecule has 5 nitrogen and oxygen atoms in total. The summed E-state index contributed by atoms with van der Waals surface area (Å²) in [7, 11) is 0. The molecule has 0 saturated heterocycles. The average molecular weight is 381 g/mol. The molecule has 0 aliphatic carbocycles. The molecular formula is C22H15N5S. The second kappa shape index (κ2) is 8.25. The topological polar surface area (TPSA) is 66.3 Å². The molecule has 0 atom stereocenters. The van der Waals surface area contributed by atoms with Crippen LogP contribution in [0.25, 0.3) is 11.3 Å². The van der Waals surface area contributed by atoms with Crippen LogP contribution in [0.5, 0.6) is 0 Å². The summed E-state index contributed by atoms with van der Waals surface area (Å²) in [6.45, 7) is 0. The SMILES string of the molecule is N#Cc1ccc(C=Nn2c(-c3ccccc3)csc2=Nc2cccnc2)cc1. The van der Waals surface area contributed by atoms with Crippen molar-refractivity contribution >= 4 is 23.2 Å². The third-order valence-corrected chi connectivity index (χ3v) is 4.80. The summed E-state index contributed by atoms with van der Waals surface area (Å²) in [5.41, 5.74) is 4.31. The molecule has 0 bridgehead atoms. The number of rotatable bonds is 4. The van der Waals surface area contributed by atoms with Gasteiger partial charge in [-0.2, -0.15) is 10.4 Å². The summed E-state index contributed by atoms with van der Waals surface area (Å²) in [5, 5.41) is 15.7. The largest absolute Gasteiger partial charge is 0.262 e. The Labute approximate surface area is 166 Å². The van der Waals surface area contributed by atoms with Gasteiger partial charge in [-0.15, -0.1) is 11.3 Å². The van der Waals surface area contributed by atoms with Crippen LogP contribution in [0.4, 0.5) is 5.69 Å². The Hall–Kier alpha value is -3.82. The van der Waals surface area contributed by atoms with Crippen molar-refractivity contribution in [2.45, 2.75) is 0 Å². The second-order valence-corrected chi connectivity index (χ2v) is 6.72. The van der Waals surface area contributed by atoms with Gasteiger partial charge in [-0.05, 0) is 29.8 Å². The van der Waals surface area contributed by atoms with Crippen LogP contribution >= 0.6 is 11.3 Å². The zero-order valence-electron chi connectivity index (χ0n) is 14.8. The third-order valence-electron chi connectivity index (χ3n) is 3.99. The zero-order chi connectivity index (χ0) is 19.2. The molecule has 2 heterocycles. The predicted molar refractivity (Wildman–Crippen MR) is 111 cm³/mol. The molecule has 0 saturated carbocycles. The summed E-state index contributed by atoms with van der Waals surface area (Å²) in [6, 6.07) is 23.3. The molecule has 0 fully saturated rings. The standard InChI is InChI=1S/C22H15N5S/c23-13-17-8-10-18(11-9-17)14-25-27-21(19-5-2-1-3-6-19)16-28-22(27)26-20-7-4-12-24-15-20/h1-12,14-16H. The fraction of sp³-hybridized carbons (Fsp3) is 0. The summed E-state index contributed by atoms with van der Waals surface area (Å²) in [5.74, 6) is 0. The molecule has 2 aromatic heterocycles. The van der Waals surface area contributed by atoms with Crippen LogP contribution in [0.15, 0.2) is 94.6 Å². The molecule has 0 unspecified atom stereocenters. The molecule has 6 heteroatoms. The summed E-state index contributed by atoms with van der Waals surface area (Å²) in [4.78, 5) is 9.56. The number of nitriles is 1. The fourth-order valence-corrected chi connectivity index (χ4v) is 3.45. The minimum absolute atomic E-state index is 0.623. The van der Waals surface area contributed by atoms with Crippen molar-refractivity contribution in [1.82, 2.24) is 9.66 Å². The molecule has 2 aromatic carbocycles. The third kappa shape index (κ3) is 3.95. The maximum absolute atomic E-state index is 8.94. The average Bonchev–Trinajstić information content (AvgIpc) is 3.16. The molecule has 0 aliphatic heterocycles. The number of pyridine rings is 1. The molecule has 4 aromatic rings. The first-order valence-electron chi connectivity index (χ1n) is 8.59. The predicted octanol–water partition coefficient (Wildman–Crippen LogP) is 4.60. The van der Waals surface area contributed by atoms with Crippen LogP contribution in [-0.2, 0) is 0 Å². The van der Waals surface area contributed by atoms with Gasteiger partial charge in [0.2, 0.25) is 4.80 Å². The van der Waals surface area contributed by atoms with Gasteiger partial charge in [0.1, 0.15) is 0 Å². The molecule has 134 valence electrons. The van der Waals surface area contributed by atoms with E-state index in [9.17, 15) is 0 Å². The van der Waals surface area contributed by atoms with Crippen LogP contribution in [-0.4, -0.2) is 15.9 Å². The monoisotopic (exact) mass is 381 g/mol. The molecule has 0 N–H and O–H groups in total. The van der Waals surface area contributed by atoms with Gasteiger partial charge in [0.05, 0.1) is 35.4 Å². The normalized spacial score (nSPS) is 11.6.